The van der Waals surface area contributed by atoms with Crippen molar-refractivity contribution in [2.75, 3.05) is 0 Å². The molecule has 19 heavy (non-hydrogen) atoms. The van der Waals surface area contributed by atoms with Gasteiger partial charge in [-0.1, -0.05) is 55.0 Å². The van der Waals surface area contributed by atoms with Gasteiger partial charge >= 0.3 is 0 Å². The molecule has 0 fully saturated rings. The molecule has 1 nitrogen and oxygen atoms in total. The second kappa shape index (κ2) is 7.30. The zero-order valence-corrected chi connectivity index (χ0v) is 12.4. The molecule has 0 saturated heterocycles. The molecule has 0 aromatic heterocycles. The fraction of sp³-hybridized carbons (Fsp3) is 0.444. The minimum Gasteiger partial charge on any atom is -0.388 e. The lowest BCUT2D eigenvalue weighted by atomic mass is 9.79. The predicted octanol–water partition coefficient (Wildman–Crippen LogP) is 5.05. The summed E-state index contributed by atoms with van der Waals surface area (Å²) in [4.78, 5) is 0. The zero-order valence-electron chi connectivity index (χ0n) is 12.4. The lowest BCUT2D eigenvalue weighted by molar-refractivity contribution is 0.123. The molecule has 2 unspecified atom stereocenters. The Kier molecular flexibility index (Phi) is 6.04. The molecular weight excluding hydrogens is 232 g/mol. The van der Waals surface area contributed by atoms with E-state index in [9.17, 15) is 5.11 Å². The summed E-state index contributed by atoms with van der Waals surface area (Å²) >= 11 is 0. The van der Waals surface area contributed by atoms with Crippen LogP contribution in [0, 0.1) is 5.41 Å². The van der Waals surface area contributed by atoms with Crippen molar-refractivity contribution in [3.05, 3.63) is 60.2 Å². The highest BCUT2D eigenvalue weighted by Crippen LogP contribution is 2.35. The first kappa shape index (κ1) is 15.7. The molecular formula is C18H26O. The maximum Gasteiger partial charge on any atom is 0.0798 e. The van der Waals surface area contributed by atoms with Gasteiger partial charge in [-0.05, 0) is 44.1 Å². The van der Waals surface area contributed by atoms with Gasteiger partial charge in [-0.2, -0.15) is 0 Å². The van der Waals surface area contributed by atoms with Crippen LogP contribution in [-0.2, 0) is 0 Å². The van der Waals surface area contributed by atoms with Gasteiger partial charge in [-0.3, -0.25) is 0 Å². The Balaban J connectivity index is 2.64. The third-order valence-electron chi connectivity index (χ3n) is 3.60. The van der Waals surface area contributed by atoms with Crippen LogP contribution in [0.2, 0.25) is 0 Å². The van der Waals surface area contributed by atoms with Crippen LogP contribution >= 0.6 is 0 Å². The minimum absolute atomic E-state index is 0.0266. The normalized spacial score (nSPS) is 15.4. The molecule has 0 spiro atoms. The van der Waals surface area contributed by atoms with E-state index in [1.54, 1.807) is 0 Å². The maximum absolute atomic E-state index is 10.3. The molecule has 0 radical (unpaired) electrons. The molecule has 1 aromatic rings. The van der Waals surface area contributed by atoms with Crippen molar-refractivity contribution < 1.29 is 5.11 Å². The van der Waals surface area contributed by atoms with Gasteiger partial charge in [0.25, 0.3) is 0 Å². The number of allylic oxidation sites excluding steroid dienone is 3. The number of benzene rings is 1. The van der Waals surface area contributed by atoms with Crippen molar-refractivity contribution in [2.45, 2.75) is 46.1 Å². The average molecular weight is 258 g/mol. The van der Waals surface area contributed by atoms with Crippen LogP contribution < -0.4 is 0 Å². The molecule has 1 aromatic carbocycles. The standard InChI is InChI=1S/C18H26O/c1-5-18(4,13-9-10-15(2)3)14-17(19)16-11-7-6-8-12-16/h5-8,10-12,17,19H,1,9,13-14H2,2-4H3. The third-order valence-corrected chi connectivity index (χ3v) is 3.60. The molecule has 0 heterocycles. The summed E-state index contributed by atoms with van der Waals surface area (Å²) in [5.74, 6) is 0. The van der Waals surface area contributed by atoms with Crippen LogP contribution in [-0.4, -0.2) is 5.11 Å². The van der Waals surface area contributed by atoms with Crippen molar-refractivity contribution in [1.82, 2.24) is 0 Å². The van der Waals surface area contributed by atoms with E-state index < -0.39 is 6.10 Å². The third kappa shape index (κ3) is 5.44. The molecule has 0 aliphatic heterocycles. The van der Waals surface area contributed by atoms with E-state index in [0.29, 0.717) is 0 Å². The van der Waals surface area contributed by atoms with Crippen LogP contribution in [0.1, 0.15) is 51.7 Å². The monoisotopic (exact) mass is 258 g/mol. The van der Waals surface area contributed by atoms with Crippen LogP contribution in [0.15, 0.2) is 54.6 Å². The van der Waals surface area contributed by atoms with Gasteiger partial charge in [0.1, 0.15) is 0 Å². The second-order valence-corrected chi connectivity index (χ2v) is 5.81. The molecule has 1 heteroatoms. The summed E-state index contributed by atoms with van der Waals surface area (Å²) in [6.07, 6.45) is 6.58. The van der Waals surface area contributed by atoms with Gasteiger partial charge in [-0.25, -0.2) is 0 Å². The number of hydrogen-bond donors (Lipinski definition) is 1. The molecule has 0 amide bonds. The first-order valence-electron chi connectivity index (χ1n) is 6.97. The van der Waals surface area contributed by atoms with Crippen molar-refractivity contribution in [3.8, 4) is 0 Å². The van der Waals surface area contributed by atoms with Crippen LogP contribution in [0.4, 0.5) is 0 Å². The second-order valence-electron chi connectivity index (χ2n) is 5.81. The molecule has 1 rings (SSSR count). The minimum atomic E-state index is -0.420. The Morgan fingerprint density at radius 1 is 1.32 bits per heavy atom. The van der Waals surface area contributed by atoms with Gasteiger partial charge < -0.3 is 5.11 Å². The van der Waals surface area contributed by atoms with E-state index in [2.05, 4.69) is 33.4 Å². The van der Waals surface area contributed by atoms with Crippen molar-refractivity contribution in [1.29, 1.82) is 0 Å². The van der Waals surface area contributed by atoms with E-state index in [4.69, 9.17) is 0 Å². The fourth-order valence-electron chi connectivity index (χ4n) is 2.21. The van der Waals surface area contributed by atoms with Gasteiger partial charge in [0.05, 0.1) is 6.10 Å². The molecule has 104 valence electrons. The van der Waals surface area contributed by atoms with Crippen molar-refractivity contribution >= 4 is 0 Å². The van der Waals surface area contributed by atoms with Crippen LogP contribution in [0.25, 0.3) is 0 Å². The molecule has 0 aliphatic carbocycles. The summed E-state index contributed by atoms with van der Waals surface area (Å²) in [6.45, 7) is 10.3. The fourth-order valence-corrected chi connectivity index (χ4v) is 2.21. The Bertz CT molecular complexity index is 415. The summed E-state index contributed by atoms with van der Waals surface area (Å²) in [5.41, 5.74) is 2.30. The Hall–Kier alpha value is -1.34. The molecule has 0 aliphatic rings. The van der Waals surface area contributed by atoms with E-state index >= 15 is 0 Å². The summed E-state index contributed by atoms with van der Waals surface area (Å²) in [6, 6.07) is 9.85. The average Bonchev–Trinajstić information content (AvgIpc) is 2.39. The first-order valence-corrected chi connectivity index (χ1v) is 6.97. The lowest BCUT2D eigenvalue weighted by Crippen LogP contribution is -2.17. The highest BCUT2D eigenvalue weighted by molar-refractivity contribution is 5.18. The van der Waals surface area contributed by atoms with Crippen LogP contribution in [0.3, 0.4) is 0 Å². The molecule has 0 saturated carbocycles. The van der Waals surface area contributed by atoms with Crippen molar-refractivity contribution in [2.24, 2.45) is 5.41 Å². The van der Waals surface area contributed by atoms with E-state index in [1.165, 1.54) is 5.57 Å². The van der Waals surface area contributed by atoms with Gasteiger partial charge in [0, 0.05) is 0 Å². The highest BCUT2D eigenvalue weighted by atomic mass is 16.3. The van der Waals surface area contributed by atoms with E-state index in [0.717, 1.165) is 24.8 Å². The lowest BCUT2D eigenvalue weighted by Gasteiger charge is -2.28. The molecule has 0 bridgehead atoms. The Labute approximate surface area is 117 Å². The van der Waals surface area contributed by atoms with Gasteiger partial charge in [0.2, 0.25) is 0 Å². The summed E-state index contributed by atoms with van der Waals surface area (Å²) in [7, 11) is 0. The highest BCUT2D eigenvalue weighted by Gasteiger charge is 2.24. The Morgan fingerprint density at radius 3 is 2.47 bits per heavy atom. The number of aliphatic hydroxyl groups is 1. The number of hydrogen-bond acceptors (Lipinski definition) is 1. The first-order chi connectivity index (χ1) is 8.97. The molecule has 2 atom stereocenters. The number of rotatable bonds is 7. The Morgan fingerprint density at radius 2 is 1.95 bits per heavy atom. The van der Waals surface area contributed by atoms with E-state index in [-0.39, 0.29) is 5.41 Å². The molecule has 1 N–H and O–H groups in total. The van der Waals surface area contributed by atoms with Gasteiger partial charge in [0.15, 0.2) is 0 Å². The predicted molar refractivity (Wildman–Crippen MR) is 83.0 cm³/mol. The van der Waals surface area contributed by atoms with E-state index in [1.807, 2.05) is 36.4 Å². The SMILES string of the molecule is C=CC(C)(CCC=C(C)C)CC(O)c1ccccc1. The topological polar surface area (TPSA) is 20.2 Å². The van der Waals surface area contributed by atoms with Crippen molar-refractivity contribution in [3.63, 3.8) is 0 Å². The largest absolute Gasteiger partial charge is 0.388 e. The summed E-state index contributed by atoms with van der Waals surface area (Å²) < 4.78 is 0. The quantitative estimate of drug-likeness (QED) is 0.679. The van der Waals surface area contributed by atoms with Gasteiger partial charge in [-0.15, -0.1) is 6.58 Å². The van der Waals surface area contributed by atoms with Crippen LogP contribution in [0.5, 0.6) is 0 Å². The maximum atomic E-state index is 10.3. The zero-order chi connectivity index (χ0) is 14.3. The smallest absolute Gasteiger partial charge is 0.0798 e. The summed E-state index contributed by atoms with van der Waals surface area (Å²) in [5, 5.41) is 10.3. The number of aliphatic hydroxyl groups excluding tert-OH is 1.